The summed E-state index contributed by atoms with van der Waals surface area (Å²) in [5.74, 6) is 0.861. The first-order valence-electron chi connectivity index (χ1n) is 3.19. The zero-order valence-electron chi connectivity index (χ0n) is 6.24. The monoisotopic (exact) mass is 170 g/mol. The summed E-state index contributed by atoms with van der Waals surface area (Å²) in [6, 6.07) is 0. The molecule has 0 aromatic carbocycles. The Hall–Kier alpha value is -1.10. The predicted octanol–water partition coefficient (Wildman–Crippen LogP) is 0.0851. The Morgan fingerprint density at radius 2 is 2.64 bits per heavy atom. The molecule has 3 N–H and O–H groups in total. The van der Waals surface area contributed by atoms with Gasteiger partial charge in [-0.05, 0) is 12.2 Å². The second kappa shape index (κ2) is 3.34. The second-order valence-electron chi connectivity index (χ2n) is 2.23. The molecule has 1 aromatic heterocycles. The number of rotatable bonds is 2. The van der Waals surface area contributed by atoms with Gasteiger partial charge < -0.3 is 15.6 Å². The summed E-state index contributed by atoms with van der Waals surface area (Å²) in [6.07, 6.45) is 3.46. The number of nitrogens with one attached hydrogen (secondary N) is 1. The molecule has 1 rings (SSSR count). The molecule has 0 bridgehead atoms. The number of imidazole rings is 1. The van der Waals surface area contributed by atoms with Gasteiger partial charge in [0.15, 0.2) is 5.11 Å². The van der Waals surface area contributed by atoms with Crippen LogP contribution < -0.4 is 5.73 Å². The zero-order chi connectivity index (χ0) is 8.27. The van der Waals surface area contributed by atoms with Gasteiger partial charge in [-0.3, -0.25) is 0 Å². The number of hydrogen-bond donors (Lipinski definition) is 2. The molecule has 60 valence electrons. The van der Waals surface area contributed by atoms with Gasteiger partial charge in [-0.2, -0.15) is 0 Å². The van der Waals surface area contributed by atoms with E-state index in [-0.39, 0.29) is 0 Å². The molecule has 0 amide bonds. The van der Waals surface area contributed by atoms with Gasteiger partial charge in [0.25, 0.3) is 0 Å². The van der Waals surface area contributed by atoms with Crippen LogP contribution in [0, 0.1) is 0 Å². The SMILES string of the molecule is CN(Cc1ncc[nH]1)C(N)=S. The third-order valence-corrected chi connectivity index (χ3v) is 1.63. The van der Waals surface area contributed by atoms with Crippen LogP contribution in [0.1, 0.15) is 5.82 Å². The van der Waals surface area contributed by atoms with Gasteiger partial charge in [-0.1, -0.05) is 0 Å². The average molecular weight is 170 g/mol. The van der Waals surface area contributed by atoms with Crippen LogP contribution in [-0.4, -0.2) is 27.0 Å². The molecule has 0 aliphatic rings. The van der Waals surface area contributed by atoms with Crippen molar-refractivity contribution in [3.8, 4) is 0 Å². The molecule has 0 atom stereocenters. The van der Waals surface area contributed by atoms with E-state index in [1.165, 1.54) is 0 Å². The molecule has 0 aliphatic carbocycles. The van der Waals surface area contributed by atoms with Crippen molar-refractivity contribution in [2.45, 2.75) is 6.54 Å². The van der Waals surface area contributed by atoms with E-state index in [0.29, 0.717) is 11.7 Å². The summed E-state index contributed by atoms with van der Waals surface area (Å²) in [5, 5.41) is 0.376. The first-order chi connectivity index (χ1) is 5.20. The Labute approximate surface area is 70.4 Å². The van der Waals surface area contributed by atoms with Gasteiger partial charge in [0.2, 0.25) is 0 Å². The van der Waals surface area contributed by atoms with Crippen molar-refractivity contribution in [3.63, 3.8) is 0 Å². The third kappa shape index (κ3) is 2.19. The lowest BCUT2D eigenvalue weighted by atomic mass is 10.5. The number of aromatic amines is 1. The van der Waals surface area contributed by atoms with Crippen molar-refractivity contribution in [3.05, 3.63) is 18.2 Å². The molecular weight excluding hydrogens is 160 g/mol. The van der Waals surface area contributed by atoms with Gasteiger partial charge in [0.05, 0.1) is 6.54 Å². The fourth-order valence-electron chi connectivity index (χ4n) is 0.687. The third-order valence-electron chi connectivity index (χ3n) is 1.32. The number of H-pyrrole nitrogens is 1. The van der Waals surface area contributed by atoms with Crippen molar-refractivity contribution in [2.75, 3.05) is 7.05 Å². The summed E-state index contributed by atoms with van der Waals surface area (Å²) >= 11 is 4.75. The second-order valence-corrected chi connectivity index (χ2v) is 2.65. The highest BCUT2D eigenvalue weighted by molar-refractivity contribution is 7.80. The van der Waals surface area contributed by atoms with Gasteiger partial charge in [-0.25, -0.2) is 4.98 Å². The number of nitrogens with zero attached hydrogens (tertiary/aromatic N) is 2. The lowest BCUT2D eigenvalue weighted by Crippen LogP contribution is -2.31. The standard InChI is InChI=1S/C6H10N4S/c1-10(6(7)11)4-5-8-2-3-9-5/h2-3H,4H2,1H3,(H2,7,11)(H,8,9). The summed E-state index contributed by atoms with van der Waals surface area (Å²) in [4.78, 5) is 8.73. The van der Waals surface area contributed by atoms with Crippen LogP contribution in [0.5, 0.6) is 0 Å². The lowest BCUT2D eigenvalue weighted by Gasteiger charge is -2.14. The van der Waals surface area contributed by atoms with Crippen molar-refractivity contribution in [2.24, 2.45) is 5.73 Å². The molecule has 11 heavy (non-hydrogen) atoms. The fourth-order valence-corrected chi connectivity index (χ4v) is 0.752. The Kier molecular flexibility index (Phi) is 2.43. The van der Waals surface area contributed by atoms with E-state index >= 15 is 0 Å². The number of thiocarbonyl (C=S) groups is 1. The van der Waals surface area contributed by atoms with Crippen LogP contribution in [-0.2, 0) is 6.54 Å². The molecule has 0 saturated heterocycles. The fraction of sp³-hybridized carbons (Fsp3) is 0.333. The quantitative estimate of drug-likeness (QED) is 0.617. The minimum absolute atomic E-state index is 0.376. The Morgan fingerprint density at radius 1 is 1.91 bits per heavy atom. The Bertz CT molecular complexity index is 231. The van der Waals surface area contributed by atoms with E-state index in [4.69, 9.17) is 18.0 Å². The Morgan fingerprint density at radius 3 is 3.09 bits per heavy atom. The number of nitrogens with two attached hydrogens (primary N) is 1. The van der Waals surface area contributed by atoms with Crippen LogP contribution in [0.25, 0.3) is 0 Å². The first-order valence-corrected chi connectivity index (χ1v) is 3.60. The lowest BCUT2D eigenvalue weighted by molar-refractivity contribution is 0.489. The van der Waals surface area contributed by atoms with E-state index in [1.54, 1.807) is 17.3 Å². The average Bonchev–Trinajstić information content (AvgIpc) is 2.39. The zero-order valence-corrected chi connectivity index (χ0v) is 7.06. The molecule has 4 nitrogen and oxygen atoms in total. The minimum Gasteiger partial charge on any atom is -0.376 e. The molecular formula is C6H10N4S. The molecule has 0 fully saturated rings. The van der Waals surface area contributed by atoms with Crippen LogP contribution in [0.4, 0.5) is 0 Å². The van der Waals surface area contributed by atoms with Gasteiger partial charge in [-0.15, -0.1) is 0 Å². The maximum atomic E-state index is 5.37. The molecule has 1 heterocycles. The normalized spacial score (nSPS) is 9.55. The van der Waals surface area contributed by atoms with Gasteiger partial charge >= 0.3 is 0 Å². The van der Waals surface area contributed by atoms with Crippen LogP contribution >= 0.6 is 12.2 Å². The molecule has 0 spiro atoms. The molecule has 0 aliphatic heterocycles. The smallest absolute Gasteiger partial charge is 0.166 e. The highest BCUT2D eigenvalue weighted by Crippen LogP contribution is 1.93. The highest BCUT2D eigenvalue weighted by atomic mass is 32.1. The van der Waals surface area contributed by atoms with E-state index in [1.807, 2.05) is 7.05 Å². The maximum Gasteiger partial charge on any atom is 0.166 e. The van der Waals surface area contributed by atoms with Gasteiger partial charge in [0, 0.05) is 19.4 Å². The molecule has 1 aromatic rings. The number of hydrogen-bond acceptors (Lipinski definition) is 2. The van der Waals surface area contributed by atoms with E-state index in [2.05, 4.69) is 9.97 Å². The minimum atomic E-state index is 0.376. The van der Waals surface area contributed by atoms with Gasteiger partial charge in [0.1, 0.15) is 5.82 Å². The summed E-state index contributed by atoms with van der Waals surface area (Å²) < 4.78 is 0. The molecule has 0 unspecified atom stereocenters. The first kappa shape index (κ1) is 8.00. The van der Waals surface area contributed by atoms with Crippen molar-refractivity contribution in [1.29, 1.82) is 0 Å². The van der Waals surface area contributed by atoms with Crippen molar-refractivity contribution >= 4 is 17.3 Å². The Balaban J connectivity index is 2.50. The number of aromatic nitrogens is 2. The largest absolute Gasteiger partial charge is 0.376 e. The van der Waals surface area contributed by atoms with E-state index in [9.17, 15) is 0 Å². The topological polar surface area (TPSA) is 57.9 Å². The van der Waals surface area contributed by atoms with Crippen LogP contribution in [0.3, 0.4) is 0 Å². The van der Waals surface area contributed by atoms with Crippen LogP contribution in [0.2, 0.25) is 0 Å². The molecule has 5 heteroatoms. The predicted molar refractivity (Wildman–Crippen MR) is 46.8 cm³/mol. The highest BCUT2D eigenvalue weighted by Gasteiger charge is 2.01. The van der Waals surface area contributed by atoms with Crippen LogP contribution in [0.15, 0.2) is 12.4 Å². The summed E-state index contributed by atoms with van der Waals surface area (Å²) in [5.41, 5.74) is 5.37. The molecule has 0 saturated carbocycles. The van der Waals surface area contributed by atoms with Crippen molar-refractivity contribution < 1.29 is 0 Å². The van der Waals surface area contributed by atoms with Crippen molar-refractivity contribution in [1.82, 2.24) is 14.9 Å². The van der Waals surface area contributed by atoms with E-state index in [0.717, 1.165) is 5.82 Å². The summed E-state index contributed by atoms with van der Waals surface area (Å²) in [7, 11) is 1.82. The molecule has 0 radical (unpaired) electrons. The summed E-state index contributed by atoms with van der Waals surface area (Å²) in [6.45, 7) is 0.627. The van der Waals surface area contributed by atoms with E-state index < -0.39 is 0 Å². The maximum absolute atomic E-state index is 5.37.